The Morgan fingerprint density at radius 1 is 0.643 bits per heavy atom. The van der Waals surface area contributed by atoms with Gasteiger partial charge in [0, 0.05) is 19.4 Å². The second-order valence-corrected chi connectivity index (χ2v) is 14.8. The van der Waals surface area contributed by atoms with Gasteiger partial charge in [0.15, 0.2) is 6.10 Å². The van der Waals surface area contributed by atoms with Gasteiger partial charge in [0.1, 0.15) is 6.61 Å². The number of carbonyl (C=O) groups excluding carboxylic acids is 2. The van der Waals surface area contributed by atoms with Gasteiger partial charge >= 0.3 is 19.8 Å². The van der Waals surface area contributed by atoms with Gasteiger partial charge in [0.25, 0.3) is 0 Å². The van der Waals surface area contributed by atoms with E-state index in [1.807, 2.05) is 48.6 Å². The van der Waals surface area contributed by atoms with Gasteiger partial charge in [0.2, 0.25) is 0 Å². The summed E-state index contributed by atoms with van der Waals surface area (Å²) in [6.07, 6.45) is 47.6. The highest BCUT2D eigenvalue weighted by Gasteiger charge is 2.25. The third kappa shape index (κ3) is 39.1. The topological polar surface area (TPSA) is 155 Å². The minimum atomic E-state index is -4.42. The molecule has 4 N–H and O–H groups in total. The number of nitrogens with two attached hydrogens (primary N) is 1. The van der Waals surface area contributed by atoms with Crippen molar-refractivity contribution in [3.63, 3.8) is 0 Å². The molecule has 0 spiro atoms. The van der Waals surface area contributed by atoms with Gasteiger partial charge in [-0.05, 0) is 77.0 Å². The summed E-state index contributed by atoms with van der Waals surface area (Å²) in [6, 6.07) is 0. The molecule has 0 aliphatic carbocycles. The van der Waals surface area contributed by atoms with Crippen LogP contribution in [-0.2, 0) is 32.7 Å². The van der Waals surface area contributed by atoms with E-state index in [1.165, 1.54) is 19.3 Å². The lowest BCUT2D eigenvalue weighted by molar-refractivity contribution is -0.161. The smallest absolute Gasteiger partial charge is 0.462 e. The molecule has 0 heterocycles. The first-order chi connectivity index (χ1) is 27.2. The standard InChI is InChI=1S/C45H74NO9P/c1-3-5-7-9-11-12-13-14-15-16-17-21-24-28-32-36-44(48)52-40-43(41-54-56(50,51)53-39-38-46)55-45(49)37-33-29-25-22-19-18-20-23-27-31-35-42(47)34-30-26-10-8-6-4-2/h6,8,11-12,14-15,18-19,23,25-27,29-31,35,42-43,47H,3-5,7,9-10,13,16-17,20-22,24,28,32-34,36-41,46H2,1-2H3,(H,50,51)/b8-6-,12-11-,15-14-,19-18-,27-23-,29-25-,30-26-,35-31+/t42?,43-/m1/s1. The number of rotatable bonds is 37. The van der Waals surface area contributed by atoms with Crippen molar-refractivity contribution in [3.8, 4) is 0 Å². The highest BCUT2D eigenvalue weighted by molar-refractivity contribution is 7.47. The fourth-order valence-corrected chi connectivity index (χ4v) is 5.71. The first kappa shape index (κ1) is 52.9. The zero-order valence-electron chi connectivity index (χ0n) is 34.4. The van der Waals surface area contributed by atoms with Crippen molar-refractivity contribution in [2.75, 3.05) is 26.4 Å². The Balaban J connectivity index is 4.42. The molecule has 0 radical (unpaired) electrons. The molecule has 0 aromatic heterocycles. The first-order valence-electron chi connectivity index (χ1n) is 20.8. The summed E-state index contributed by atoms with van der Waals surface area (Å²) in [5, 5.41) is 9.99. The number of hydrogen-bond acceptors (Lipinski definition) is 9. The number of aliphatic hydroxyl groups excluding tert-OH is 1. The molecular formula is C45H74NO9P. The van der Waals surface area contributed by atoms with E-state index >= 15 is 0 Å². The first-order valence-corrected chi connectivity index (χ1v) is 22.3. The Morgan fingerprint density at radius 3 is 1.91 bits per heavy atom. The zero-order valence-corrected chi connectivity index (χ0v) is 35.3. The van der Waals surface area contributed by atoms with Crippen LogP contribution in [0, 0.1) is 0 Å². The maximum Gasteiger partial charge on any atom is 0.472 e. The summed E-state index contributed by atoms with van der Waals surface area (Å²) in [6.45, 7) is 3.37. The molecule has 11 heteroatoms. The van der Waals surface area contributed by atoms with Crippen LogP contribution < -0.4 is 5.73 Å². The summed E-state index contributed by atoms with van der Waals surface area (Å²) < 4.78 is 32.6. The van der Waals surface area contributed by atoms with Crippen molar-refractivity contribution in [2.24, 2.45) is 5.73 Å². The number of aliphatic hydroxyl groups is 1. The van der Waals surface area contributed by atoms with E-state index in [-0.39, 0.29) is 32.6 Å². The van der Waals surface area contributed by atoms with E-state index in [9.17, 15) is 24.2 Å². The average Bonchev–Trinajstić information content (AvgIpc) is 3.18. The van der Waals surface area contributed by atoms with E-state index in [0.29, 0.717) is 25.7 Å². The molecular weight excluding hydrogens is 729 g/mol. The molecule has 10 nitrogen and oxygen atoms in total. The van der Waals surface area contributed by atoms with E-state index in [4.69, 9.17) is 24.3 Å². The molecule has 3 atom stereocenters. The number of phosphoric ester groups is 1. The van der Waals surface area contributed by atoms with Crippen molar-refractivity contribution in [3.05, 3.63) is 97.2 Å². The molecule has 0 aliphatic rings. The van der Waals surface area contributed by atoms with Gasteiger partial charge in [0.05, 0.1) is 19.3 Å². The Labute approximate surface area is 339 Å². The Morgan fingerprint density at radius 2 is 1.23 bits per heavy atom. The van der Waals surface area contributed by atoms with Crippen molar-refractivity contribution in [2.45, 2.75) is 148 Å². The van der Waals surface area contributed by atoms with Crippen LogP contribution in [0.25, 0.3) is 0 Å². The summed E-state index contributed by atoms with van der Waals surface area (Å²) in [5.41, 5.74) is 5.33. The van der Waals surface area contributed by atoms with Crippen LogP contribution in [0.3, 0.4) is 0 Å². The Hall–Kier alpha value is -3.11. The van der Waals surface area contributed by atoms with E-state index in [1.54, 1.807) is 6.08 Å². The maximum atomic E-state index is 12.5. The minimum Gasteiger partial charge on any atom is -0.462 e. The summed E-state index contributed by atoms with van der Waals surface area (Å²) in [7, 11) is -4.42. The minimum absolute atomic E-state index is 0.0261. The average molecular weight is 804 g/mol. The molecule has 2 unspecified atom stereocenters. The van der Waals surface area contributed by atoms with Gasteiger partial charge < -0.3 is 25.2 Å². The summed E-state index contributed by atoms with van der Waals surface area (Å²) in [4.78, 5) is 34.8. The van der Waals surface area contributed by atoms with Crippen LogP contribution in [0.1, 0.15) is 136 Å². The molecule has 0 fully saturated rings. The number of allylic oxidation sites excluding steroid dienone is 14. The van der Waals surface area contributed by atoms with E-state index in [0.717, 1.165) is 64.2 Å². The molecule has 0 saturated heterocycles. The quantitative estimate of drug-likeness (QED) is 0.0182. The van der Waals surface area contributed by atoms with Crippen molar-refractivity contribution in [1.29, 1.82) is 0 Å². The van der Waals surface area contributed by atoms with Crippen LogP contribution in [0.5, 0.6) is 0 Å². The number of esters is 2. The second-order valence-electron chi connectivity index (χ2n) is 13.3. The van der Waals surface area contributed by atoms with Crippen LogP contribution in [0.2, 0.25) is 0 Å². The SMILES string of the molecule is CC/C=C\C/C=C\CC(O)/C=C/C=C\C/C=C\C/C=C\CCC(=O)O[C@H](COC(=O)CCCCCCC/C=C\C/C=C\CCCCC)COP(=O)(O)OCCN. The molecule has 0 bridgehead atoms. The third-order valence-corrected chi connectivity index (χ3v) is 9.03. The number of carbonyl (C=O) groups is 2. The van der Waals surface area contributed by atoms with Crippen LogP contribution in [-0.4, -0.2) is 60.5 Å². The number of phosphoric acid groups is 1. The molecule has 0 amide bonds. The molecule has 318 valence electrons. The van der Waals surface area contributed by atoms with Gasteiger partial charge in [-0.3, -0.25) is 18.6 Å². The summed E-state index contributed by atoms with van der Waals surface area (Å²) >= 11 is 0. The molecule has 0 aromatic carbocycles. The molecule has 0 saturated carbocycles. The van der Waals surface area contributed by atoms with Crippen molar-refractivity contribution in [1.82, 2.24) is 0 Å². The number of ether oxygens (including phenoxy) is 2. The highest BCUT2D eigenvalue weighted by atomic mass is 31.2. The van der Waals surface area contributed by atoms with Crippen LogP contribution >= 0.6 is 7.82 Å². The Bertz CT molecular complexity index is 1250. The monoisotopic (exact) mass is 804 g/mol. The molecule has 0 aromatic rings. The molecule has 0 rings (SSSR count). The highest BCUT2D eigenvalue weighted by Crippen LogP contribution is 2.43. The van der Waals surface area contributed by atoms with Crippen LogP contribution in [0.15, 0.2) is 97.2 Å². The lowest BCUT2D eigenvalue weighted by Gasteiger charge is -2.19. The van der Waals surface area contributed by atoms with Crippen molar-refractivity contribution < 1.29 is 42.7 Å². The molecule has 56 heavy (non-hydrogen) atoms. The van der Waals surface area contributed by atoms with Crippen LogP contribution in [0.4, 0.5) is 0 Å². The molecule has 0 aliphatic heterocycles. The van der Waals surface area contributed by atoms with Gasteiger partial charge in [-0.15, -0.1) is 0 Å². The third-order valence-electron chi connectivity index (χ3n) is 8.05. The number of unbranched alkanes of at least 4 members (excludes halogenated alkanes) is 8. The van der Waals surface area contributed by atoms with Crippen molar-refractivity contribution >= 4 is 19.8 Å². The summed E-state index contributed by atoms with van der Waals surface area (Å²) in [5.74, 6) is -0.984. The predicted octanol–water partition coefficient (Wildman–Crippen LogP) is 10.8. The lowest BCUT2D eigenvalue weighted by atomic mass is 10.1. The maximum absolute atomic E-state index is 12.5. The normalized spacial score (nSPS) is 14.9. The largest absolute Gasteiger partial charge is 0.472 e. The fourth-order valence-electron chi connectivity index (χ4n) is 4.95. The fraction of sp³-hybridized carbons (Fsp3) is 0.600. The Kier molecular flexibility index (Phi) is 37.9. The van der Waals surface area contributed by atoms with Gasteiger partial charge in [-0.25, -0.2) is 4.57 Å². The lowest BCUT2D eigenvalue weighted by Crippen LogP contribution is -2.29. The second kappa shape index (κ2) is 40.1. The predicted molar refractivity (Wildman–Crippen MR) is 230 cm³/mol. The van der Waals surface area contributed by atoms with Gasteiger partial charge in [-0.1, -0.05) is 143 Å². The van der Waals surface area contributed by atoms with E-state index in [2.05, 4.69) is 56.4 Å². The van der Waals surface area contributed by atoms with E-state index < -0.39 is 38.6 Å². The zero-order chi connectivity index (χ0) is 41.2. The van der Waals surface area contributed by atoms with Gasteiger partial charge in [-0.2, -0.15) is 0 Å². The number of hydrogen-bond donors (Lipinski definition) is 3.